The number of ether oxygens (including phenoxy) is 1. The first-order valence-corrected chi connectivity index (χ1v) is 13.7. The number of hydrogen-bond donors (Lipinski definition) is 7. The minimum absolute atomic E-state index is 0.0102. The number of methoxy groups -OCH3 is 1. The molecule has 2 rings (SSSR count). The SMILES string of the molecule is COCCCNC(=O)c1cccc(S(=O)(=O)Nc2ccsc2C(=O)N[C@@H](CCCNC(N)N)C(=O)O)c1. The van der Waals surface area contributed by atoms with Gasteiger partial charge in [-0.2, -0.15) is 0 Å². The maximum absolute atomic E-state index is 13.0. The standard InChI is InChI=1S/C22H32N6O7S2/c1-35-11-4-10-25-19(29)14-5-2-6-15(13-14)37(33,34)28-16-8-12-36-18(16)20(30)27-17(21(31)32)7-3-9-26-22(23)24/h2,5-6,8,12-13,17,22,26,28H,3-4,7,9-11,23-24H2,1H3,(H,25,29)(H,27,30)(H,31,32)/t17-/m0/s1. The number of hydrogen-bond acceptors (Lipinski definition) is 10. The number of aliphatic carboxylic acids is 1. The Hall–Kier alpha value is -3.08. The fraction of sp³-hybridized carbons (Fsp3) is 0.409. The van der Waals surface area contributed by atoms with E-state index >= 15 is 0 Å². The van der Waals surface area contributed by atoms with Crippen molar-refractivity contribution in [3.05, 3.63) is 46.2 Å². The van der Waals surface area contributed by atoms with Crippen molar-refractivity contribution in [3.63, 3.8) is 0 Å². The van der Waals surface area contributed by atoms with Crippen LogP contribution in [0.2, 0.25) is 0 Å². The van der Waals surface area contributed by atoms with Crippen LogP contribution in [0.5, 0.6) is 0 Å². The molecule has 0 aliphatic heterocycles. The zero-order valence-electron chi connectivity index (χ0n) is 20.2. The van der Waals surface area contributed by atoms with Gasteiger partial charge in [0.05, 0.1) is 10.6 Å². The number of carbonyl (C=O) groups is 3. The van der Waals surface area contributed by atoms with Crippen LogP contribution >= 0.6 is 11.3 Å². The third-order valence-electron chi connectivity index (χ3n) is 4.99. The molecule has 1 atom stereocenters. The van der Waals surface area contributed by atoms with Crippen LogP contribution in [0, 0.1) is 0 Å². The van der Waals surface area contributed by atoms with Crippen LogP contribution in [0.25, 0.3) is 0 Å². The number of thiophene rings is 1. The largest absolute Gasteiger partial charge is 0.480 e. The van der Waals surface area contributed by atoms with Crippen LogP contribution in [0.3, 0.4) is 0 Å². The molecule has 0 spiro atoms. The zero-order chi connectivity index (χ0) is 27.4. The second kappa shape index (κ2) is 14.6. The molecule has 0 saturated carbocycles. The number of benzene rings is 1. The molecule has 0 aliphatic carbocycles. The molecule has 1 heterocycles. The molecule has 1 aromatic heterocycles. The molecule has 0 fully saturated rings. The highest BCUT2D eigenvalue weighted by molar-refractivity contribution is 7.92. The van der Waals surface area contributed by atoms with Crippen molar-refractivity contribution in [2.75, 3.05) is 31.5 Å². The quantitative estimate of drug-likeness (QED) is 0.109. The number of anilines is 1. The van der Waals surface area contributed by atoms with Crippen molar-refractivity contribution in [2.24, 2.45) is 11.5 Å². The number of nitrogens with one attached hydrogen (secondary N) is 4. The van der Waals surface area contributed by atoms with Gasteiger partial charge < -0.3 is 31.9 Å². The zero-order valence-corrected chi connectivity index (χ0v) is 21.9. The Morgan fingerprint density at radius 2 is 1.86 bits per heavy atom. The Bertz CT molecular complexity index is 1170. The van der Waals surface area contributed by atoms with Crippen molar-refractivity contribution in [2.45, 2.75) is 36.5 Å². The lowest BCUT2D eigenvalue weighted by Gasteiger charge is -2.16. The van der Waals surface area contributed by atoms with Gasteiger partial charge in [0.2, 0.25) is 0 Å². The van der Waals surface area contributed by atoms with Crippen molar-refractivity contribution < 1.29 is 32.6 Å². The number of nitrogens with two attached hydrogens (primary N) is 2. The molecule has 204 valence electrons. The van der Waals surface area contributed by atoms with E-state index < -0.39 is 40.1 Å². The molecule has 2 amide bonds. The molecule has 0 bridgehead atoms. The van der Waals surface area contributed by atoms with Crippen LogP contribution in [0.4, 0.5) is 5.69 Å². The first-order chi connectivity index (χ1) is 17.5. The Labute approximate surface area is 219 Å². The number of carboxylic acid groups (broad SMARTS) is 1. The van der Waals surface area contributed by atoms with Gasteiger partial charge >= 0.3 is 5.97 Å². The predicted octanol–water partition coefficient (Wildman–Crippen LogP) is 0.0690. The Morgan fingerprint density at radius 3 is 2.54 bits per heavy atom. The minimum atomic E-state index is -4.17. The summed E-state index contributed by atoms with van der Waals surface area (Å²) in [4.78, 5) is 36.5. The van der Waals surface area contributed by atoms with Gasteiger partial charge in [0, 0.05) is 25.8 Å². The Kier molecular flexibility index (Phi) is 11.9. The molecule has 0 unspecified atom stereocenters. The molecule has 15 heteroatoms. The Balaban J connectivity index is 2.09. The molecular weight excluding hydrogens is 524 g/mol. The van der Waals surface area contributed by atoms with Crippen molar-refractivity contribution in [1.29, 1.82) is 0 Å². The molecule has 0 aliphatic rings. The molecule has 0 saturated heterocycles. The summed E-state index contributed by atoms with van der Waals surface area (Å²) in [6.45, 7) is 1.19. The highest BCUT2D eigenvalue weighted by Gasteiger charge is 2.25. The maximum Gasteiger partial charge on any atom is 0.326 e. The number of carboxylic acids is 1. The fourth-order valence-electron chi connectivity index (χ4n) is 3.15. The number of sulfonamides is 1. The van der Waals surface area contributed by atoms with Crippen LogP contribution in [0.15, 0.2) is 40.6 Å². The van der Waals surface area contributed by atoms with E-state index in [0.717, 1.165) is 11.3 Å². The summed E-state index contributed by atoms with van der Waals surface area (Å²) in [7, 11) is -2.62. The van der Waals surface area contributed by atoms with Gasteiger partial charge in [0.15, 0.2) is 0 Å². The van der Waals surface area contributed by atoms with Gasteiger partial charge in [0.1, 0.15) is 17.2 Å². The summed E-state index contributed by atoms with van der Waals surface area (Å²) < 4.78 is 33.3. The topological polar surface area (TPSA) is 215 Å². The minimum Gasteiger partial charge on any atom is -0.480 e. The molecule has 1 aromatic carbocycles. The highest BCUT2D eigenvalue weighted by atomic mass is 32.2. The summed E-state index contributed by atoms with van der Waals surface area (Å²) in [6.07, 6.45) is 0.345. The lowest BCUT2D eigenvalue weighted by Crippen LogP contribution is -2.46. The molecular formula is C22H32N6O7S2. The van der Waals surface area contributed by atoms with E-state index in [0.29, 0.717) is 32.5 Å². The molecule has 0 radical (unpaired) electrons. The normalized spacial score (nSPS) is 12.2. The average Bonchev–Trinajstić information content (AvgIpc) is 3.30. The second-order valence-corrected chi connectivity index (χ2v) is 10.5. The third-order valence-corrected chi connectivity index (χ3v) is 7.26. The predicted molar refractivity (Wildman–Crippen MR) is 139 cm³/mol. The average molecular weight is 557 g/mol. The van der Waals surface area contributed by atoms with Crippen molar-refractivity contribution in [1.82, 2.24) is 16.0 Å². The van der Waals surface area contributed by atoms with Crippen LogP contribution in [0.1, 0.15) is 39.3 Å². The number of carbonyl (C=O) groups excluding carboxylic acids is 2. The van der Waals surface area contributed by atoms with Crippen LogP contribution < -0.4 is 32.1 Å². The Morgan fingerprint density at radius 1 is 1.11 bits per heavy atom. The smallest absolute Gasteiger partial charge is 0.326 e. The van der Waals surface area contributed by atoms with E-state index in [1.54, 1.807) is 7.11 Å². The second-order valence-electron chi connectivity index (χ2n) is 7.89. The van der Waals surface area contributed by atoms with E-state index in [1.165, 1.54) is 35.7 Å². The summed E-state index contributed by atoms with van der Waals surface area (Å²) in [6, 6.07) is 5.65. The van der Waals surface area contributed by atoms with Gasteiger partial charge in [-0.1, -0.05) is 6.07 Å². The highest BCUT2D eigenvalue weighted by Crippen LogP contribution is 2.26. The van der Waals surface area contributed by atoms with E-state index in [2.05, 4.69) is 20.7 Å². The van der Waals surface area contributed by atoms with Crippen molar-refractivity contribution in [3.8, 4) is 0 Å². The van der Waals surface area contributed by atoms with Gasteiger partial charge in [-0.05, 0) is 55.5 Å². The summed E-state index contributed by atoms with van der Waals surface area (Å²) in [5, 5.41) is 18.8. The van der Waals surface area contributed by atoms with Gasteiger partial charge in [-0.3, -0.25) is 19.6 Å². The number of amides is 2. The summed E-state index contributed by atoms with van der Waals surface area (Å²) in [5.41, 5.74) is 10.9. The first kappa shape index (κ1) is 30.1. The lowest BCUT2D eigenvalue weighted by atomic mass is 10.1. The molecule has 37 heavy (non-hydrogen) atoms. The molecule has 2 aromatic rings. The summed E-state index contributed by atoms with van der Waals surface area (Å²) >= 11 is 0.949. The van der Waals surface area contributed by atoms with E-state index in [1.807, 2.05) is 0 Å². The fourth-order valence-corrected chi connectivity index (χ4v) is 5.08. The van der Waals surface area contributed by atoms with E-state index in [9.17, 15) is 27.9 Å². The molecule has 13 nitrogen and oxygen atoms in total. The van der Waals surface area contributed by atoms with Crippen molar-refractivity contribution >= 4 is 44.8 Å². The monoisotopic (exact) mass is 556 g/mol. The van der Waals surface area contributed by atoms with E-state index in [-0.39, 0.29) is 27.4 Å². The molecule has 9 N–H and O–H groups in total. The number of rotatable bonds is 16. The van der Waals surface area contributed by atoms with E-state index in [4.69, 9.17) is 16.2 Å². The van der Waals surface area contributed by atoms with Gasteiger partial charge in [-0.15, -0.1) is 11.3 Å². The third kappa shape index (κ3) is 9.71. The lowest BCUT2D eigenvalue weighted by molar-refractivity contribution is -0.139. The van der Waals surface area contributed by atoms with Gasteiger partial charge in [0.25, 0.3) is 21.8 Å². The maximum atomic E-state index is 13.0. The van der Waals surface area contributed by atoms with Crippen LogP contribution in [-0.4, -0.2) is 70.4 Å². The van der Waals surface area contributed by atoms with Crippen LogP contribution in [-0.2, 0) is 19.6 Å². The van der Waals surface area contributed by atoms with Gasteiger partial charge in [-0.25, -0.2) is 13.2 Å². The first-order valence-electron chi connectivity index (χ1n) is 11.3. The summed E-state index contributed by atoms with van der Waals surface area (Å²) in [5.74, 6) is -2.42.